The lowest BCUT2D eigenvalue weighted by atomic mass is 10.1. The molecule has 1 N–H and O–H groups in total. The van der Waals surface area contributed by atoms with Crippen molar-refractivity contribution in [1.82, 2.24) is 9.62 Å². The highest BCUT2D eigenvalue weighted by atomic mass is 32.2. The number of sulfonamides is 1. The zero-order valence-electron chi connectivity index (χ0n) is 12.1. The largest absolute Gasteiger partial charge is 0.316 e. The number of nitrogens with one attached hydrogen (secondary N) is 1. The maximum absolute atomic E-state index is 12.8. The first-order valence-corrected chi connectivity index (χ1v) is 9.48. The van der Waals surface area contributed by atoms with Crippen LogP contribution < -0.4 is 5.32 Å². The molecule has 1 aliphatic rings. The third-order valence-electron chi connectivity index (χ3n) is 3.56. The Labute approximate surface area is 126 Å². The second kappa shape index (κ2) is 6.93. The summed E-state index contributed by atoms with van der Waals surface area (Å²) in [6, 6.07) is 5.53. The van der Waals surface area contributed by atoms with Crippen LogP contribution >= 0.6 is 11.8 Å². The van der Waals surface area contributed by atoms with E-state index in [4.69, 9.17) is 0 Å². The smallest absolute Gasteiger partial charge is 0.243 e. The van der Waals surface area contributed by atoms with Crippen LogP contribution in [0.4, 0.5) is 0 Å². The fourth-order valence-corrected chi connectivity index (χ4v) is 5.17. The van der Waals surface area contributed by atoms with Gasteiger partial charge >= 0.3 is 0 Å². The maximum Gasteiger partial charge on any atom is 0.243 e. The summed E-state index contributed by atoms with van der Waals surface area (Å²) in [6.45, 7) is 3.82. The van der Waals surface area contributed by atoms with Gasteiger partial charge in [0, 0.05) is 25.4 Å². The molecule has 0 aliphatic carbocycles. The molecule has 1 aromatic rings. The molecule has 0 radical (unpaired) electrons. The monoisotopic (exact) mass is 314 g/mol. The molecule has 2 rings (SSSR count). The van der Waals surface area contributed by atoms with Crippen molar-refractivity contribution in [2.45, 2.75) is 24.8 Å². The number of rotatable bonds is 4. The SMILES string of the molecule is CNCc1cccc(S(=O)(=O)N2CCCSCC2)c1C. The minimum Gasteiger partial charge on any atom is -0.316 e. The van der Waals surface area contributed by atoms with E-state index in [2.05, 4.69) is 5.32 Å². The molecule has 0 atom stereocenters. The van der Waals surface area contributed by atoms with E-state index in [9.17, 15) is 8.42 Å². The van der Waals surface area contributed by atoms with Crippen molar-refractivity contribution in [2.24, 2.45) is 0 Å². The summed E-state index contributed by atoms with van der Waals surface area (Å²) in [5, 5.41) is 3.08. The third kappa shape index (κ3) is 3.36. The first-order valence-electron chi connectivity index (χ1n) is 6.88. The summed E-state index contributed by atoms with van der Waals surface area (Å²) < 4.78 is 27.3. The van der Waals surface area contributed by atoms with Gasteiger partial charge < -0.3 is 5.32 Å². The second-order valence-electron chi connectivity index (χ2n) is 4.94. The summed E-state index contributed by atoms with van der Waals surface area (Å²) in [5.74, 6) is 1.93. The van der Waals surface area contributed by atoms with Crippen molar-refractivity contribution >= 4 is 21.8 Å². The van der Waals surface area contributed by atoms with Crippen LogP contribution in [0, 0.1) is 6.92 Å². The number of benzene rings is 1. The van der Waals surface area contributed by atoms with Gasteiger partial charge in [-0.15, -0.1) is 0 Å². The Morgan fingerprint density at radius 1 is 1.30 bits per heavy atom. The van der Waals surface area contributed by atoms with Gasteiger partial charge in [0.2, 0.25) is 10.0 Å². The molecular formula is C14H22N2O2S2. The quantitative estimate of drug-likeness (QED) is 0.921. The van der Waals surface area contributed by atoms with Crippen molar-refractivity contribution in [1.29, 1.82) is 0 Å². The first-order chi connectivity index (χ1) is 9.57. The van der Waals surface area contributed by atoms with E-state index in [1.807, 2.05) is 37.9 Å². The van der Waals surface area contributed by atoms with Crippen LogP contribution in [0.3, 0.4) is 0 Å². The molecule has 1 fully saturated rings. The lowest BCUT2D eigenvalue weighted by Crippen LogP contribution is -2.33. The number of hydrogen-bond acceptors (Lipinski definition) is 4. The third-order valence-corrected chi connectivity index (χ3v) is 6.65. The maximum atomic E-state index is 12.8. The van der Waals surface area contributed by atoms with Crippen molar-refractivity contribution in [2.75, 3.05) is 31.6 Å². The number of thioether (sulfide) groups is 1. The minimum absolute atomic E-state index is 0.456. The van der Waals surface area contributed by atoms with E-state index in [0.717, 1.165) is 29.1 Å². The van der Waals surface area contributed by atoms with Crippen LogP contribution in [-0.2, 0) is 16.6 Å². The van der Waals surface area contributed by atoms with E-state index >= 15 is 0 Å². The molecule has 1 aromatic carbocycles. The van der Waals surface area contributed by atoms with Gasteiger partial charge in [-0.1, -0.05) is 12.1 Å². The molecule has 1 aliphatic heterocycles. The van der Waals surface area contributed by atoms with Crippen LogP contribution in [-0.4, -0.2) is 44.4 Å². The zero-order valence-corrected chi connectivity index (χ0v) is 13.7. The predicted molar refractivity (Wildman–Crippen MR) is 84.6 cm³/mol. The highest BCUT2D eigenvalue weighted by Gasteiger charge is 2.27. The number of hydrogen-bond donors (Lipinski definition) is 1. The lowest BCUT2D eigenvalue weighted by Gasteiger charge is -2.21. The van der Waals surface area contributed by atoms with Gasteiger partial charge in [0.05, 0.1) is 4.90 Å². The van der Waals surface area contributed by atoms with Crippen molar-refractivity contribution in [3.63, 3.8) is 0 Å². The Hall–Kier alpha value is -0.560. The van der Waals surface area contributed by atoms with Gasteiger partial charge in [0.15, 0.2) is 0 Å². The second-order valence-corrected chi connectivity index (χ2v) is 8.07. The predicted octanol–water partition coefficient (Wildman–Crippen LogP) is 1.84. The molecule has 0 saturated carbocycles. The summed E-state index contributed by atoms with van der Waals surface area (Å²) >= 11 is 1.83. The molecule has 112 valence electrons. The molecule has 6 heteroatoms. The van der Waals surface area contributed by atoms with Gasteiger partial charge in [0.25, 0.3) is 0 Å². The van der Waals surface area contributed by atoms with E-state index in [-0.39, 0.29) is 0 Å². The molecule has 4 nitrogen and oxygen atoms in total. The van der Waals surface area contributed by atoms with Gasteiger partial charge in [-0.25, -0.2) is 8.42 Å². The van der Waals surface area contributed by atoms with Gasteiger partial charge in [-0.3, -0.25) is 0 Å². The van der Waals surface area contributed by atoms with Crippen molar-refractivity contribution < 1.29 is 8.42 Å². The summed E-state index contributed by atoms with van der Waals surface area (Å²) in [7, 11) is -1.50. The van der Waals surface area contributed by atoms with Crippen LogP contribution in [0.5, 0.6) is 0 Å². The summed E-state index contributed by atoms with van der Waals surface area (Å²) in [6.07, 6.45) is 0.930. The molecular weight excluding hydrogens is 292 g/mol. The van der Waals surface area contributed by atoms with Crippen LogP contribution in [0.1, 0.15) is 17.5 Å². The average molecular weight is 314 g/mol. The Morgan fingerprint density at radius 3 is 2.85 bits per heavy atom. The molecule has 1 heterocycles. The van der Waals surface area contributed by atoms with E-state index in [1.165, 1.54) is 0 Å². The number of nitrogens with zero attached hydrogens (tertiary/aromatic N) is 1. The molecule has 0 bridgehead atoms. The highest BCUT2D eigenvalue weighted by molar-refractivity contribution is 7.99. The van der Waals surface area contributed by atoms with Crippen molar-refractivity contribution in [3.05, 3.63) is 29.3 Å². The standard InChI is InChI=1S/C14H22N2O2S2/c1-12-13(11-15-2)5-3-6-14(12)20(17,18)16-7-4-9-19-10-8-16/h3,5-6,15H,4,7-11H2,1-2H3. The average Bonchev–Trinajstić information content (AvgIpc) is 2.70. The first kappa shape index (κ1) is 15.8. The fourth-order valence-electron chi connectivity index (χ4n) is 2.42. The Bertz CT molecular complexity index is 550. The van der Waals surface area contributed by atoms with Gasteiger partial charge in [0.1, 0.15) is 0 Å². The van der Waals surface area contributed by atoms with Crippen LogP contribution in [0.15, 0.2) is 23.1 Å². The molecule has 0 unspecified atom stereocenters. The van der Waals surface area contributed by atoms with Crippen LogP contribution in [0.2, 0.25) is 0 Å². The van der Waals surface area contributed by atoms with Crippen LogP contribution in [0.25, 0.3) is 0 Å². The topological polar surface area (TPSA) is 49.4 Å². The van der Waals surface area contributed by atoms with E-state index in [1.54, 1.807) is 10.4 Å². The molecule has 1 saturated heterocycles. The molecule has 0 amide bonds. The van der Waals surface area contributed by atoms with Crippen molar-refractivity contribution in [3.8, 4) is 0 Å². The Morgan fingerprint density at radius 2 is 2.10 bits per heavy atom. The van der Waals surface area contributed by atoms with Gasteiger partial charge in [-0.05, 0) is 43.3 Å². The van der Waals surface area contributed by atoms with E-state index in [0.29, 0.717) is 24.5 Å². The lowest BCUT2D eigenvalue weighted by molar-refractivity contribution is 0.434. The highest BCUT2D eigenvalue weighted by Crippen LogP contribution is 2.24. The summed E-state index contributed by atoms with van der Waals surface area (Å²) in [5.41, 5.74) is 1.90. The van der Waals surface area contributed by atoms with E-state index < -0.39 is 10.0 Å². The fraction of sp³-hybridized carbons (Fsp3) is 0.571. The molecule has 0 aromatic heterocycles. The Kier molecular flexibility index (Phi) is 5.49. The minimum atomic E-state index is -3.36. The Balaban J connectivity index is 2.35. The molecule has 20 heavy (non-hydrogen) atoms. The van der Waals surface area contributed by atoms with Gasteiger partial charge in [-0.2, -0.15) is 16.1 Å². The normalized spacial score (nSPS) is 17.9. The zero-order chi connectivity index (χ0) is 14.6. The molecule has 0 spiro atoms. The summed E-state index contributed by atoms with van der Waals surface area (Å²) in [4.78, 5) is 0.456.